The van der Waals surface area contributed by atoms with Crippen molar-refractivity contribution in [1.82, 2.24) is 20.8 Å². The van der Waals surface area contributed by atoms with Gasteiger partial charge < -0.3 is 5.32 Å². The van der Waals surface area contributed by atoms with E-state index in [1.165, 1.54) is 6.20 Å². The van der Waals surface area contributed by atoms with Gasteiger partial charge in [0.1, 0.15) is 5.69 Å². The third kappa shape index (κ3) is 3.37. The Hall–Kier alpha value is -3.32. The van der Waals surface area contributed by atoms with Crippen LogP contribution in [-0.2, 0) is 6.42 Å². The van der Waals surface area contributed by atoms with Crippen LogP contribution in [0.1, 0.15) is 50.9 Å². The van der Waals surface area contributed by atoms with E-state index in [9.17, 15) is 9.59 Å². The van der Waals surface area contributed by atoms with Crippen molar-refractivity contribution in [3.8, 4) is 0 Å². The average Bonchev–Trinajstić information content (AvgIpc) is 2.72. The van der Waals surface area contributed by atoms with E-state index in [-0.39, 0.29) is 17.6 Å². The first-order valence-corrected chi connectivity index (χ1v) is 8.75. The molecule has 0 fully saturated rings. The monoisotopic (exact) mass is 362 g/mol. The number of rotatable bonds is 3. The third-order valence-electron chi connectivity index (χ3n) is 4.81. The van der Waals surface area contributed by atoms with Gasteiger partial charge in [-0.3, -0.25) is 19.8 Å². The number of para-hydroxylation sites is 2. The van der Waals surface area contributed by atoms with Gasteiger partial charge in [0, 0.05) is 5.56 Å². The van der Waals surface area contributed by atoms with Gasteiger partial charge in [0.25, 0.3) is 11.8 Å². The Morgan fingerprint density at radius 1 is 1.07 bits per heavy atom. The third-order valence-corrected chi connectivity index (χ3v) is 4.81. The van der Waals surface area contributed by atoms with Crippen LogP contribution in [0, 0.1) is 0 Å². The van der Waals surface area contributed by atoms with E-state index in [0.29, 0.717) is 11.1 Å². The number of carbonyl (C=O) groups excluding carboxylic acids is 2. The minimum Gasteiger partial charge on any atom is -0.344 e. The molecule has 3 N–H and O–H groups in total. The zero-order chi connectivity index (χ0) is 18.8. The molecule has 7 heteroatoms. The molecule has 4 rings (SSSR count). The summed E-state index contributed by atoms with van der Waals surface area (Å²) >= 11 is 0. The molecule has 0 radical (unpaired) electrons. The molecule has 136 valence electrons. The quantitative estimate of drug-likeness (QED) is 0.491. The van der Waals surface area contributed by atoms with Crippen molar-refractivity contribution >= 4 is 22.8 Å². The molecule has 0 saturated carbocycles. The fraction of sp³-hybridized carbons (Fsp3) is 0.200. The van der Waals surface area contributed by atoms with Gasteiger partial charge in [-0.25, -0.2) is 10.5 Å². The number of hydroxylamine groups is 1. The van der Waals surface area contributed by atoms with Crippen LogP contribution in [0.3, 0.4) is 0 Å². The molecule has 3 aromatic rings. The van der Waals surface area contributed by atoms with Crippen LogP contribution >= 0.6 is 0 Å². The fourth-order valence-corrected chi connectivity index (χ4v) is 3.47. The molecule has 0 bridgehead atoms. The molecule has 2 aromatic carbocycles. The largest absolute Gasteiger partial charge is 0.344 e. The van der Waals surface area contributed by atoms with Crippen LogP contribution in [0.25, 0.3) is 11.0 Å². The highest BCUT2D eigenvalue weighted by Crippen LogP contribution is 2.30. The maximum Gasteiger partial charge on any atom is 0.274 e. The Balaban J connectivity index is 1.57. The number of hydrogen-bond donors (Lipinski definition) is 3. The Kier molecular flexibility index (Phi) is 4.52. The molecule has 1 aliphatic carbocycles. The number of carbonyl (C=O) groups is 2. The van der Waals surface area contributed by atoms with Crippen molar-refractivity contribution in [2.45, 2.75) is 25.3 Å². The number of aromatic nitrogens is 2. The number of benzene rings is 2. The summed E-state index contributed by atoms with van der Waals surface area (Å²) < 4.78 is 0. The van der Waals surface area contributed by atoms with E-state index in [2.05, 4.69) is 15.3 Å². The van der Waals surface area contributed by atoms with Crippen molar-refractivity contribution in [3.05, 3.63) is 71.0 Å². The zero-order valence-corrected chi connectivity index (χ0v) is 14.5. The lowest BCUT2D eigenvalue weighted by atomic mass is 9.86. The lowest BCUT2D eigenvalue weighted by molar-refractivity contribution is 0.0706. The first kappa shape index (κ1) is 17.1. The van der Waals surface area contributed by atoms with Gasteiger partial charge in [-0.15, -0.1) is 0 Å². The highest BCUT2D eigenvalue weighted by molar-refractivity contribution is 5.95. The summed E-state index contributed by atoms with van der Waals surface area (Å²) in [5.74, 6) is -0.821. The van der Waals surface area contributed by atoms with Crippen LogP contribution in [0.15, 0.2) is 48.7 Å². The second-order valence-corrected chi connectivity index (χ2v) is 6.52. The Bertz CT molecular complexity index is 1030. The summed E-state index contributed by atoms with van der Waals surface area (Å²) in [6.07, 6.45) is 4.01. The second kappa shape index (κ2) is 7.13. The molecule has 1 aliphatic rings. The van der Waals surface area contributed by atoms with Crippen LogP contribution in [0.4, 0.5) is 0 Å². The molecule has 2 amide bonds. The standard InChI is InChI=1S/C20H18N4O3/c25-19(24-27)13-8-9-14-12(10-13)4-3-7-15(14)23-20(26)18-11-21-16-5-1-2-6-17(16)22-18/h1-2,5-6,8-11,15,27H,3-4,7H2,(H,23,26)(H,24,25). The summed E-state index contributed by atoms with van der Waals surface area (Å²) in [6.45, 7) is 0. The van der Waals surface area contributed by atoms with E-state index >= 15 is 0 Å². The van der Waals surface area contributed by atoms with E-state index in [1.54, 1.807) is 17.6 Å². The molecule has 7 nitrogen and oxygen atoms in total. The van der Waals surface area contributed by atoms with E-state index < -0.39 is 5.91 Å². The van der Waals surface area contributed by atoms with Crippen molar-refractivity contribution < 1.29 is 14.8 Å². The first-order valence-electron chi connectivity index (χ1n) is 8.75. The van der Waals surface area contributed by atoms with Crippen molar-refractivity contribution in [3.63, 3.8) is 0 Å². The maximum atomic E-state index is 12.7. The Labute approximate surface area is 155 Å². The molecule has 1 unspecified atom stereocenters. The van der Waals surface area contributed by atoms with E-state index in [0.717, 1.165) is 35.9 Å². The Morgan fingerprint density at radius 3 is 2.70 bits per heavy atom. The predicted molar refractivity (Wildman–Crippen MR) is 98.4 cm³/mol. The Morgan fingerprint density at radius 2 is 1.89 bits per heavy atom. The molecule has 1 heterocycles. The lowest BCUT2D eigenvalue weighted by Crippen LogP contribution is -2.32. The van der Waals surface area contributed by atoms with Gasteiger partial charge >= 0.3 is 0 Å². The van der Waals surface area contributed by atoms with Gasteiger partial charge in [0.15, 0.2) is 0 Å². The van der Waals surface area contributed by atoms with Crippen molar-refractivity contribution in [2.24, 2.45) is 0 Å². The summed E-state index contributed by atoms with van der Waals surface area (Å²) in [7, 11) is 0. The molecular weight excluding hydrogens is 344 g/mol. The van der Waals surface area contributed by atoms with Gasteiger partial charge in [-0.1, -0.05) is 18.2 Å². The highest BCUT2D eigenvalue weighted by Gasteiger charge is 2.24. The minimum absolute atomic E-state index is 0.152. The van der Waals surface area contributed by atoms with Gasteiger partial charge in [-0.2, -0.15) is 0 Å². The number of amides is 2. The SMILES string of the molecule is O=C(NO)c1ccc2c(c1)CCCC2NC(=O)c1cnc2ccccc2n1. The number of fused-ring (bicyclic) bond motifs is 2. The van der Waals surface area contributed by atoms with E-state index in [4.69, 9.17) is 5.21 Å². The molecule has 1 aromatic heterocycles. The normalized spacial score (nSPS) is 15.8. The van der Waals surface area contributed by atoms with Crippen molar-refractivity contribution in [1.29, 1.82) is 0 Å². The first-order chi connectivity index (χ1) is 13.2. The highest BCUT2D eigenvalue weighted by atomic mass is 16.5. The number of aryl methyl sites for hydroxylation is 1. The topological polar surface area (TPSA) is 104 Å². The van der Waals surface area contributed by atoms with Crippen LogP contribution in [0.5, 0.6) is 0 Å². The van der Waals surface area contributed by atoms with Gasteiger partial charge in [-0.05, 0) is 54.7 Å². The maximum absolute atomic E-state index is 12.7. The van der Waals surface area contributed by atoms with Crippen LogP contribution in [0.2, 0.25) is 0 Å². The number of nitrogens with one attached hydrogen (secondary N) is 2. The molecule has 0 aliphatic heterocycles. The molecular formula is C20H18N4O3. The van der Waals surface area contributed by atoms with Crippen LogP contribution < -0.4 is 10.8 Å². The summed E-state index contributed by atoms with van der Waals surface area (Å²) in [5, 5.41) is 11.8. The second-order valence-electron chi connectivity index (χ2n) is 6.52. The number of hydrogen-bond acceptors (Lipinski definition) is 5. The minimum atomic E-state index is -0.546. The van der Waals surface area contributed by atoms with Crippen LogP contribution in [-0.4, -0.2) is 27.0 Å². The van der Waals surface area contributed by atoms with E-state index in [1.807, 2.05) is 30.3 Å². The van der Waals surface area contributed by atoms with Crippen molar-refractivity contribution in [2.75, 3.05) is 0 Å². The van der Waals surface area contributed by atoms with Gasteiger partial charge in [0.05, 0.1) is 23.3 Å². The molecule has 0 spiro atoms. The average molecular weight is 362 g/mol. The van der Waals surface area contributed by atoms with Gasteiger partial charge in [0.2, 0.25) is 0 Å². The summed E-state index contributed by atoms with van der Waals surface area (Å²) in [6, 6.07) is 12.5. The lowest BCUT2D eigenvalue weighted by Gasteiger charge is -2.26. The summed E-state index contributed by atoms with van der Waals surface area (Å²) in [4.78, 5) is 33.0. The zero-order valence-electron chi connectivity index (χ0n) is 14.5. The molecule has 1 atom stereocenters. The fourth-order valence-electron chi connectivity index (χ4n) is 3.47. The predicted octanol–water partition coefficient (Wildman–Crippen LogP) is 2.56. The smallest absolute Gasteiger partial charge is 0.274 e. The number of nitrogens with zero attached hydrogens (tertiary/aromatic N) is 2. The summed E-state index contributed by atoms with van der Waals surface area (Å²) in [5.41, 5.74) is 5.71. The molecule has 27 heavy (non-hydrogen) atoms. The molecule has 0 saturated heterocycles.